The molecule has 1 heterocycles. The van der Waals surface area contributed by atoms with Crippen LogP contribution in [0.1, 0.15) is 16.2 Å². The van der Waals surface area contributed by atoms with Crippen molar-refractivity contribution < 1.29 is 14.3 Å². The highest BCUT2D eigenvalue weighted by Crippen LogP contribution is 2.22. The average Bonchev–Trinajstić information content (AvgIpc) is 2.74. The number of carbonyl (C=O) groups excluding carboxylic acids is 1. The molecule has 7 nitrogen and oxygen atoms in total. The predicted molar refractivity (Wildman–Crippen MR) is 112 cm³/mol. The largest absolute Gasteiger partial charge is 0.354 e. The van der Waals surface area contributed by atoms with Crippen molar-refractivity contribution >= 4 is 17.4 Å². The fourth-order valence-electron chi connectivity index (χ4n) is 2.82. The van der Waals surface area contributed by atoms with Gasteiger partial charge in [-0.05, 0) is 25.1 Å². The molecule has 2 N–H and O–H groups in total. The number of ether oxygens (including phenoxy) is 2. The lowest BCUT2D eigenvalue weighted by Crippen LogP contribution is -2.34. The molecule has 0 aliphatic heterocycles. The van der Waals surface area contributed by atoms with Crippen molar-refractivity contribution in [1.29, 1.82) is 0 Å². The molecular weight excluding hydrogens is 368 g/mol. The Hall–Kier alpha value is -3.29. The van der Waals surface area contributed by atoms with Crippen LogP contribution in [0.2, 0.25) is 0 Å². The molecule has 0 aliphatic carbocycles. The summed E-state index contributed by atoms with van der Waals surface area (Å²) in [4.78, 5) is 21.4. The Morgan fingerprint density at radius 3 is 2.48 bits per heavy atom. The third-order valence-electron chi connectivity index (χ3n) is 4.26. The first-order valence-electron chi connectivity index (χ1n) is 9.21. The standard InChI is InChI=1S/C22H24N4O3/c1-15-24-19(16-8-5-4-6-9-16)13-20(25-15)26-18-11-7-10-17(12-18)22(27)23-14-21(28-2)29-3/h4-13,21H,14H2,1-3H3,(H,23,27)(H,24,25,26). The van der Waals surface area contributed by atoms with Crippen molar-refractivity contribution in [3.63, 3.8) is 0 Å². The zero-order valence-corrected chi connectivity index (χ0v) is 16.7. The maximum atomic E-state index is 12.4. The number of anilines is 2. The van der Waals surface area contributed by atoms with Crippen LogP contribution in [-0.2, 0) is 9.47 Å². The number of rotatable bonds is 8. The highest BCUT2D eigenvalue weighted by Gasteiger charge is 2.11. The lowest BCUT2D eigenvalue weighted by molar-refractivity contribution is -0.0974. The Morgan fingerprint density at radius 1 is 1.00 bits per heavy atom. The summed E-state index contributed by atoms with van der Waals surface area (Å²) >= 11 is 0. The van der Waals surface area contributed by atoms with Crippen LogP contribution in [0, 0.1) is 6.92 Å². The van der Waals surface area contributed by atoms with Gasteiger partial charge in [-0.25, -0.2) is 9.97 Å². The molecule has 0 bridgehead atoms. The molecule has 1 amide bonds. The van der Waals surface area contributed by atoms with E-state index in [0.717, 1.165) is 16.9 Å². The molecule has 0 atom stereocenters. The maximum Gasteiger partial charge on any atom is 0.251 e. The van der Waals surface area contributed by atoms with Crippen molar-refractivity contribution in [1.82, 2.24) is 15.3 Å². The Labute approximate surface area is 170 Å². The van der Waals surface area contributed by atoms with Crippen LogP contribution in [0.5, 0.6) is 0 Å². The molecule has 0 spiro atoms. The third-order valence-corrected chi connectivity index (χ3v) is 4.26. The van der Waals surface area contributed by atoms with E-state index in [0.29, 0.717) is 17.2 Å². The fraction of sp³-hybridized carbons (Fsp3) is 0.227. The lowest BCUT2D eigenvalue weighted by Gasteiger charge is -2.14. The van der Waals surface area contributed by atoms with Crippen LogP contribution in [0.25, 0.3) is 11.3 Å². The molecule has 0 aliphatic rings. The van der Waals surface area contributed by atoms with Crippen molar-refractivity contribution in [2.24, 2.45) is 0 Å². The average molecular weight is 392 g/mol. The van der Waals surface area contributed by atoms with Gasteiger partial charge in [-0.15, -0.1) is 0 Å². The van der Waals surface area contributed by atoms with E-state index in [1.165, 1.54) is 14.2 Å². The van der Waals surface area contributed by atoms with Crippen molar-refractivity contribution in [2.75, 3.05) is 26.1 Å². The van der Waals surface area contributed by atoms with Crippen molar-refractivity contribution in [3.05, 3.63) is 72.1 Å². The van der Waals surface area contributed by atoms with Gasteiger partial charge in [0.15, 0.2) is 6.29 Å². The number of aryl methyl sites for hydroxylation is 1. The topological polar surface area (TPSA) is 85.4 Å². The highest BCUT2D eigenvalue weighted by molar-refractivity contribution is 5.95. The van der Waals surface area contributed by atoms with E-state index < -0.39 is 6.29 Å². The van der Waals surface area contributed by atoms with Crippen LogP contribution < -0.4 is 10.6 Å². The summed E-state index contributed by atoms with van der Waals surface area (Å²) in [6.45, 7) is 2.11. The molecule has 1 aromatic heterocycles. The summed E-state index contributed by atoms with van der Waals surface area (Å²) in [5, 5.41) is 6.05. The van der Waals surface area contributed by atoms with Crippen LogP contribution >= 0.6 is 0 Å². The first kappa shape index (κ1) is 20.4. The number of hydrogen-bond acceptors (Lipinski definition) is 6. The minimum absolute atomic E-state index is 0.211. The molecule has 0 saturated heterocycles. The molecular formula is C22H24N4O3. The van der Waals surface area contributed by atoms with Gasteiger partial charge in [0.05, 0.1) is 12.2 Å². The molecule has 0 fully saturated rings. The number of methoxy groups -OCH3 is 2. The van der Waals surface area contributed by atoms with Gasteiger partial charge < -0.3 is 20.1 Å². The van der Waals surface area contributed by atoms with Gasteiger partial charge in [0.25, 0.3) is 5.91 Å². The van der Waals surface area contributed by atoms with Gasteiger partial charge in [-0.2, -0.15) is 0 Å². The van der Waals surface area contributed by atoms with Gasteiger partial charge in [0.2, 0.25) is 0 Å². The highest BCUT2D eigenvalue weighted by atomic mass is 16.7. The molecule has 0 radical (unpaired) electrons. The summed E-state index contributed by atoms with van der Waals surface area (Å²) in [6.07, 6.45) is -0.486. The second-order valence-electron chi connectivity index (χ2n) is 6.37. The lowest BCUT2D eigenvalue weighted by atomic mass is 10.1. The predicted octanol–water partition coefficient (Wildman–Crippen LogP) is 3.54. The fourth-order valence-corrected chi connectivity index (χ4v) is 2.82. The number of amides is 1. The molecule has 0 unspecified atom stereocenters. The second kappa shape index (κ2) is 9.77. The Kier molecular flexibility index (Phi) is 6.89. The Morgan fingerprint density at radius 2 is 1.76 bits per heavy atom. The molecule has 29 heavy (non-hydrogen) atoms. The van der Waals surface area contributed by atoms with Crippen molar-refractivity contribution in [3.8, 4) is 11.3 Å². The van der Waals surface area contributed by atoms with Gasteiger partial charge >= 0.3 is 0 Å². The normalized spacial score (nSPS) is 10.8. The molecule has 7 heteroatoms. The third kappa shape index (κ3) is 5.60. The zero-order valence-electron chi connectivity index (χ0n) is 16.7. The van der Waals surface area contributed by atoms with Gasteiger partial charge in [0.1, 0.15) is 11.6 Å². The van der Waals surface area contributed by atoms with Crippen LogP contribution in [0.15, 0.2) is 60.7 Å². The van der Waals surface area contributed by atoms with E-state index in [9.17, 15) is 4.79 Å². The van der Waals surface area contributed by atoms with E-state index in [2.05, 4.69) is 20.6 Å². The molecule has 3 aromatic rings. The Balaban J connectivity index is 1.75. The van der Waals surface area contributed by atoms with E-state index in [4.69, 9.17) is 9.47 Å². The smallest absolute Gasteiger partial charge is 0.251 e. The number of carbonyl (C=O) groups is 1. The Bertz CT molecular complexity index is 959. The quantitative estimate of drug-likeness (QED) is 0.571. The van der Waals surface area contributed by atoms with Gasteiger partial charge in [-0.3, -0.25) is 4.79 Å². The number of benzene rings is 2. The minimum atomic E-state index is -0.486. The zero-order chi connectivity index (χ0) is 20.6. The van der Waals surface area contributed by atoms with Crippen LogP contribution in [-0.4, -0.2) is 42.9 Å². The summed E-state index contributed by atoms with van der Waals surface area (Å²) < 4.78 is 10.2. The minimum Gasteiger partial charge on any atom is -0.354 e. The van der Waals surface area contributed by atoms with E-state index in [1.54, 1.807) is 12.1 Å². The summed E-state index contributed by atoms with van der Waals surface area (Å²) in [5.41, 5.74) is 3.12. The maximum absolute atomic E-state index is 12.4. The number of nitrogens with zero attached hydrogens (tertiary/aromatic N) is 2. The van der Waals surface area contributed by atoms with E-state index in [-0.39, 0.29) is 12.5 Å². The molecule has 3 rings (SSSR count). The number of hydrogen-bond donors (Lipinski definition) is 2. The van der Waals surface area contributed by atoms with E-state index in [1.807, 2.05) is 55.5 Å². The summed E-state index contributed by atoms with van der Waals surface area (Å²) in [5.74, 6) is 1.11. The van der Waals surface area contributed by atoms with Gasteiger partial charge in [-0.1, -0.05) is 36.4 Å². The van der Waals surface area contributed by atoms with Crippen molar-refractivity contribution in [2.45, 2.75) is 13.2 Å². The van der Waals surface area contributed by atoms with E-state index >= 15 is 0 Å². The molecule has 2 aromatic carbocycles. The molecule has 150 valence electrons. The number of nitrogens with one attached hydrogen (secondary N) is 2. The SMILES string of the molecule is COC(CNC(=O)c1cccc(Nc2cc(-c3ccccc3)nc(C)n2)c1)OC. The summed E-state index contributed by atoms with van der Waals surface area (Å²) in [6, 6.07) is 19.0. The first-order valence-corrected chi connectivity index (χ1v) is 9.21. The number of aromatic nitrogens is 2. The second-order valence-corrected chi connectivity index (χ2v) is 6.37. The van der Waals surface area contributed by atoms with Crippen LogP contribution in [0.4, 0.5) is 11.5 Å². The van der Waals surface area contributed by atoms with Gasteiger partial charge in [0, 0.05) is 37.1 Å². The van der Waals surface area contributed by atoms with Crippen LogP contribution in [0.3, 0.4) is 0 Å². The molecule has 0 saturated carbocycles. The first-order chi connectivity index (χ1) is 14.1. The summed E-state index contributed by atoms with van der Waals surface area (Å²) in [7, 11) is 3.05. The monoisotopic (exact) mass is 392 g/mol.